The molecule has 1 rings (SSSR count). The van der Waals surface area contributed by atoms with Crippen molar-refractivity contribution in [2.75, 3.05) is 39.8 Å². The lowest BCUT2D eigenvalue weighted by molar-refractivity contribution is 0.271. The molecule has 0 unspecified atom stereocenters. The van der Waals surface area contributed by atoms with Crippen LogP contribution in [0.4, 0.5) is 0 Å². The molecular formula is C17H36IN7. The van der Waals surface area contributed by atoms with E-state index in [-0.39, 0.29) is 24.0 Å². The first-order valence-corrected chi connectivity index (χ1v) is 9.28. The second-order valence-electron chi connectivity index (χ2n) is 5.92. The summed E-state index contributed by atoms with van der Waals surface area (Å²) in [5.41, 5.74) is 0. The largest absolute Gasteiger partial charge is 0.356 e. The number of halogens is 1. The van der Waals surface area contributed by atoms with Crippen LogP contribution in [-0.2, 0) is 13.0 Å². The highest BCUT2D eigenvalue weighted by atomic mass is 127. The van der Waals surface area contributed by atoms with E-state index in [1.54, 1.807) is 6.33 Å². The summed E-state index contributed by atoms with van der Waals surface area (Å²) in [6, 6.07) is 0. The standard InChI is InChI=1S/C17H35N7.HI/c1-5-11-23(12-6-2)13-8-9-19-17(18-4)20-10-14-24-15-21-22-16(24)7-3;/h15H,5-14H2,1-4H3,(H2,18,19,20);1H. The summed E-state index contributed by atoms with van der Waals surface area (Å²) in [6.07, 6.45) is 6.26. The number of aliphatic imine (C=N–C) groups is 1. The summed E-state index contributed by atoms with van der Waals surface area (Å²) in [7, 11) is 1.81. The molecule has 1 aromatic rings. The molecule has 0 saturated heterocycles. The number of guanidine groups is 1. The van der Waals surface area contributed by atoms with Crippen molar-refractivity contribution in [3.05, 3.63) is 12.2 Å². The van der Waals surface area contributed by atoms with Gasteiger partial charge in [0.05, 0.1) is 0 Å². The minimum Gasteiger partial charge on any atom is -0.356 e. The Morgan fingerprint density at radius 3 is 2.40 bits per heavy atom. The summed E-state index contributed by atoms with van der Waals surface area (Å²) in [4.78, 5) is 6.82. The molecule has 1 heterocycles. The van der Waals surface area contributed by atoms with Crippen molar-refractivity contribution in [1.29, 1.82) is 0 Å². The third-order valence-corrected chi connectivity index (χ3v) is 3.90. The van der Waals surface area contributed by atoms with Crippen LogP contribution in [0.1, 0.15) is 45.9 Å². The SMILES string of the molecule is CCCN(CCC)CCCNC(=NC)NCCn1cnnc1CC.I. The molecule has 0 fully saturated rings. The predicted octanol–water partition coefficient (Wildman–Crippen LogP) is 2.14. The van der Waals surface area contributed by atoms with E-state index >= 15 is 0 Å². The van der Waals surface area contributed by atoms with Gasteiger partial charge in [-0.2, -0.15) is 0 Å². The summed E-state index contributed by atoms with van der Waals surface area (Å²) in [5.74, 6) is 1.88. The van der Waals surface area contributed by atoms with Crippen molar-refractivity contribution < 1.29 is 0 Å². The molecule has 0 aliphatic rings. The lowest BCUT2D eigenvalue weighted by Gasteiger charge is -2.21. The zero-order valence-corrected chi connectivity index (χ0v) is 18.6. The van der Waals surface area contributed by atoms with Gasteiger partial charge in [0.15, 0.2) is 5.96 Å². The quantitative estimate of drug-likeness (QED) is 0.214. The topological polar surface area (TPSA) is 70.4 Å². The number of aromatic nitrogens is 3. The lowest BCUT2D eigenvalue weighted by atomic mass is 10.3. The smallest absolute Gasteiger partial charge is 0.191 e. The summed E-state index contributed by atoms with van der Waals surface area (Å²) in [5, 5.41) is 14.8. The normalized spacial score (nSPS) is 11.5. The molecule has 0 atom stereocenters. The van der Waals surface area contributed by atoms with Gasteiger partial charge < -0.3 is 20.1 Å². The molecule has 0 aromatic carbocycles. The Morgan fingerprint density at radius 2 is 1.80 bits per heavy atom. The van der Waals surface area contributed by atoms with Gasteiger partial charge in [-0.05, 0) is 38.9 Å². The van der Waals surface area contributed by atoms with Crippen molar-refractivity contribution in [3.63, 3.8) is 0 Å². The molecule has 8 heteroatoms. The lowest BCUT2D eigenvalue weighted by Crippen LogP contribution is -2.40. The van der Waals surface area contributed by atoms with E-state index in [0.29, 0.717) is 0 Å². The van der Waals surface area contributed by atoms with Crippen LogP contribution in [0.5, 0.6) is 0 Å². The zero-order valence-electron chi connectivity index (χ0n) is 16.3. The molecule has 0 aliphatic carbocycles. The Labute approximate surface area is 170 Å². The van der Waals surface area contributed by atoms with Crippen molar-refractivity contribution in [2.45, 2.75) is 53.0 Å². The maximum atomic E-state index is 4.28. The first-order valence-electron chi connectivity index (χ1n) is 9.28. The Kier molecular flexibility index (Phi) is 14.8. The van der Waals surface area contributed by atoms with Gasteiger partial charge in [0.1, 0.15) is 12.2 Å². The minimum absolute atomic E-state index is 0. The van der Waals surface area contributed by atoms with E-state index in [1.807, 2.05) is 7.05 Å². The van der Waals surface area contributed by atoms with Crippen LogP contribution in [0.3, 0.4) is 0 Å². The van der Waals surface area contributed by atoms with Gasteiger partial charge in [-0.3, -0.25) is 4.99 Å². The number of nitrogens with one attached hydrogen (secondary N) is 2. The molecule has 7 nitrogen and oxygen atoms in total. The highest BCUT2D eigenvalue weighted by Crippen LogP contribution is 1.96. The monoisotopic (exact) mass is 465 g/mol. The van der Waals surface area contributed by atoms with Crippen LogP contribution in [-0.4, -0.2) is 65.4 Å². The van der Waals surface area contributed by atoms with Gasteiger partial charge in [0, 0.05) is 33.1 Å². The van der Waals surface area contributed by atoms with E-state index in [1.165, 1.54) is 25.9 Å². The zero-order chi connectivity index (χ0) is 17.6. The molecule has 25 heavy (non-hydrogen) atoms. The number of nitrogens with zero attached hydrogens (tertiary/aromatic N) is 5. The number of aryl methyl sites for hydroxylation is 1. The Morgan fingerprint density at radius 1 is 1.12 bits per heavy atom. The molecule has 1 aromatic heterocycles. The molecule has 0 spiro atoms. The van der Waals surface area contributed by atoms with E-state index in [2.05, 4.69) is 56.1 Å². The highest BCUT2D eigenvalue weighted by molar-refractivity contribution is 14.0. The molecular weight excluding hydrogens is 429 g/mol. The van der Waals surface area contributed by atoms with Gasteiger partial charge in [-0.15, -0.1) is 34.2 Å². The number of hydrogen-bond donors (Lipinski definition) is 2. The van der Waals surface area contributed by atoms with E-state index < -0.39 is 0 Å². The number of rotatable bonds is 12. The fraction of sp³-hybridized carbons (Fsp3) is 0.824. The van der Waals surface area contributed by atoms with Crippen LogP contribution in [0.15, 0.2) is 11.3 Å². The van der Waals surface area contributed by atoms with Gasteiger partial charge in [-0.25, -0.2) is 0 Å². The maximum absolute atomic E-state index is 4.28. The van der Waals surface area contributed by atoms with Crippen LogP contribution < -0.4 is 10.6 Å². The van der Waals surface area contributed by atoms with Crippen molar-refractivity contribution in [1.82, 2.24) is 30.3 Å². The first-order chi connectivity index (χ1) is 11.7. The van der Waals surface area contributed by atoms with E-state index in [9.17, 15) is 0 Å². The molecule has 2 N–H and O–H groups in total. The highest BCUT2D eigenvalue weighted by Gasteiger charge is 2.04. The number of hydrogen-bond acceptors (Lipinski definition) is 4. The molecule has 0 aliphatic heterocycles. The maximum Gasteiger partial charge on any atom is 0.191 e. The van der Waals surface area contributed by atoms with Crippen LogP contribution in [0, 0.1) is 0 Å². The average molecular weight is 465 g/mol. The Balaban J connectivity index is 0.00000576. The fourth-order valence-corrected chi connectivity index (χ4v) is 2.73. The van der Waals surface area contributed by atoms with Crippen LogP contribution in [0.25, 0.3) is 0 Å². The average Bonchev–Trinajstić information content (AvgIpc) is 3.04. The Bertz CT molecular complexity index is 456. The summed E-state index contributed by atoms with van der Waals surface area (Å²) < 4.78 is 2.08. The Hall–Kier alpha value is -0.900. The molecule has 0 saturated carbocycles. The second-order valence-corrected chi connectivity index (χ2v) is 5.92. The summed E-state index contributed by atoms with van der Waals surface area (Å²) in [6.45, 7) is 12.7. The third kappa shape index (κ3) is 9.98. The van der Waals surface area contributed by atoms with Crippen molar-refractivity contribution >= 4 is 29.9 Å². The molecule has 0 bridgehead atoms. The third-order valence-electron chi connectivity index (χ3n) is 3.90. The second kappa shape index (κ2) is 15.4. The van der Waals surface area contributed by atoms with Crippen LogP contribution >= 0.6 is 24.0 Å². The van der Waals surface area contributed by atoms with Gasteiger partial charge in [0.25, 0.3) is 0 Å². The first kappa shape index (κ1) is 24.1. The molecule has 146 valence electrons. The van der Waals surface area contributed by atoms with E-state index in [0.717, 1.165) is 50.8 Å². The predicted molar refractivity (Wildman–Crippen MR) is 116 cm³/mol. The molecule has 0 radical (unpaired) electrons. The van der Waals surface area contributed by atoms with Gasteiger partial charge in [-0.1, -0.05) is 20.8 Å². The van der Waals surface area contributed by atoms with Gasteiger partial charge >= 0.3 is 0 Å². The van der Waals surface area contributed by atoms with Gasteiger partial charge in [0.2, 0.25) is 0 Å². The van der Waals surface area contributed by atoms with Crippen molar-refractivity contribution in [3.8, 4) is 0 Å². The van der Waals surface area contributed by atoms with Crippen molar-refractivity contribution in [2.24, 2.45) is 4.99 Å². The summed E-state index contributed by atoms with van der Waals surface area (Å²) >= 11 is 0. The fourth-order valence-electron chi connectivity index (χ4n) is 2.73. The molecule has 0 amide bonds. The van der Waals surface area contributed by atoms with E-state index in [4.69, 9.17) is 0 Å². The van der Waals surface area contributed by atoms with Crippen LogP contribution in [0.2, 0.25) is 0 Å². The minimum atomic E-state index is 0.